The van der Waals surface area contributed by atoms with Crippen LogP contribution in [0.5, 0.6) is 0 Å². The zero-order valence-electron chi connectivity index (χ0n) is 19.4. The van der Waals surface area contributed by atoms with Crippen molar-refractivity contribution >= 4 is 38.7 Å². The van der Waals surface area contributed by atoms with Crippen LogP contribution in [0.2, 0.25) is 0 Å². The number of aromatic nitrogens is 3. The first kappa shape index (κ1) is 23.7. The van der Waals surface area contributed by atoms with Crippen molar-refractivity contribution in [1.29, 1.82) is 0 Å². The van der Waals surface area contributed by atoms with Gasteiger partial charge in [-0.3, -0.25) is 4.40 Å². The van der Waals surface area contributed by atoms with Crippen molar-refractivity contribution in [1.82, 2.24) is 19.3 Å². The first-order valence-corrected chi connectivity index (χ1v) is 12.6. The van der Waals surface area contributed by atoms with Crippen LogP contribution in [0.4, 0.5) is 20.8 Å². The van der Waals surface area contributed by atoms with E-state index in [2.05, 4.69) is 15.3 Å². The molecule has 9 nitrogen and oxygen atoms in total. The summed E-state index contributed by atoms with van der Waals surface area (Å²) in [4.78, 5) is 22.5. The minimum atomic E-state index is -3.66. The molecule has 0 spiro atoms. The van der Waals surface area contributed by atoms with E-state index in [1.165, 1.54) is 12.1 Å². The monoisotopic (exact) mass is 487 g/mol. The molecule has 4 rings (SSSR count). The number of sulfone groups is 1. The minimum Gasteiger partial charge on any atom is -0.444 e. The topological polar surface area (TPSA) is 106 Å². The number of amides is 1. The van der Waals surface area contributed by atoms with Crippen LogP contribution in [-0.2, 0) is 14.6 Å². The predicted octanol–water partition coefficient (Wildman–Crippen LogP) is 4.04. The van der Waals surface area contributed by atoms with E-state index in [9.17, 15) is 17.6 Å². The average molecular weight is 488 g/mol. The fourth-order valence-electron chi connectivity index (χ4n) is 3.65. The Labute approximate surface area is 197 Å². The van der Waals surface area contributed by atoms with Gasteiger partial charge in [-0.15, -0.1) is 0 Å². The average Bonchev–Trinajstić information content (AvgIpc) is 3.17. The molecular weight excluding hydrogens is 461 g/mol. The maximum Gasteiger partial charge on any atom is 0.410 e. The fourth-order valence-corrected chi connectivity index (χ4v) is 4.38. The van der Waals surface area contributed by atoms with Gasteiger partial charge >= 0.3 is 6.09 Å². The van der Waals surface area contributed by atoms with E-state index in [0.29, 0.717) is 31.1 Å². The summed E-state index contributed by atoms with van der Waals surface area (Å²) in [5.41, 5.74) is 2.37. The Morgan fingerprint density at radius 2 is 1.97 bits per heavy atom. The van der Waals surface area contributed by atoms with Crippen LogP contribution in [-0.4, -0.2) is 58.7 Å². The van der Waals surface area contributed by atoms with Crippen molar-refractivity contribution in [2.45, 2.75) is 37.7 Å². The lowest BCUT2D eigenvalue weighted by atomic mass is 10.0. The van der Waals surface area contributed by atoms with E-state index in [4.69, 9.17) is 4.74 Å². The molecule has 0 fully saturated rings. The van der Waals surface area contributed by atoms with Gasteiger partial charge in [0, 0.05) is 31.2 Å². The number of carbonyl (C=O) groups is 1. The van der Waals surface area contributed by atoms with Crippen molar-refractivity contribution < 1.29 is 22.3 Å². The third kappa shape index (κ3) is 5.04. The Morgan fingerprint density at radius 1 is 1.21 bits per heavy atom. The number of nitrogens with zero attached hydrogens (tertiary/aromatic N) is 4. The Kier molecular flexibility index (Phi) is 6.07. The van der Waals surface area contributed by atoms with Gasteiger partial charge < -0.3 is 15.0 Å². The summed E-state index contributed by atoms with van der Waals surface area (Å²) in [6.07, 6.45) is 6.42. The van der Waals surface area contributed by atoms with Crippen LogP contribution < -0.4 is 5.32 Å². The van der Waals surface area contributed by atoms with Gasteiger partial charge in [0.2, 0.25) is 5.95 Å². The number of ether oxygens (including phenoxy) is 1. The molecule has 1 aromatic carbocycles. The number of hydrogen-bond donors (Lipinski definition) is 1. The number of carbonyl (C=O) groups excluding carboxylic acids is 1. The lowest BCUT2D eigenvalue weighted by Crippen LogP contribution is -2.39. The molecule has 1 aliphatic rings. The second kappa shape index (κ2) is 8.71. The lowest BCUT2D eigenvalue weighted by molar-refractivity contribution is 0.0270. The number of hydrogen-bond acceptors (Lipinski definition) is 7. The molecule has 11 heteroatoms. The van der Waals surface area contributed by atoms with Crippen LogP contribution in [0.15, 0.2) is 47.8 Å². The smallest absolute Gasteiger partial charge is 0.410 e. The summed E-state index contributed by atoms with van der Waals surface area (Å²) in [6, 6.07) is 5.63. The molecule has 1 aliphatic heterocycles. The largest absolute Gasteiger partial charge is 0.444 e. The first-order valence-electron chi connectivity index (χ1n) is 10.7. The van der Waals surface area contributed by atoms with Gasteiger partial charge in [0.1, 0.15) is 22.6 Å². The maximum absolute atomic E-state index is 14.3. The highest BCUT2D eigenvalue weighted by Crippen LogP contribution is 2.28. The van der Waals surface area contributed by atoms with Gasteiger partial charge in [0.05, 0.1) is 11.2 Å². The summed E-state index contributed by atoms with van der Waals surface area (Å²) in [6.45, 7) is 6.44. The Morgan fingerprint density at radius 3 is 2.59 bits per heavy atom. The van der Waals surface area contributed by atoms with Gasteiger partial charge in [-0.2, -0.15) is 0 Å². The molecule has 3 heterocycles. The second-order valence-electron chi connectivity index (χ2n) is 9.06. The van der Waals surface area contributed by atoms with E-state index in [0.717, 1.165) is 29.1 Å². The number of halogens is 1. The zero-order valence-corrected chi connectivity index (χ0v) is 20.2. The number of anilines is 2. The molecule has 0 radical (unpaired) electrons. The highest BCUT2D eigenvalue weighted by atomic mass is 32.2. The SMILES string of the molecule is CC(C)(C)OC(=O)N1CC=C(c2ncn3c(Nc4ccc(S(C)(=O)=O)c(F)c4)nccc23)CC1. The molecular formula is C23H26FN5O4S. The van der Waals surface area contributed by atoms with Crippen LogP contribution in [0.25, 0.3) is 11.1 Å². The van der Waals surface area contributed by atoms with Gasteiger partial charge in [-0.25, -0.2) is 27.6 Å². The van der Waals surface area contributed by atoms with Crippen molar-refractivity contribution in [2.24, 2.45) is 0 Å². The van der Waals surface area contributed by atoms with Crippen LogP contribution in [0, 0.1) is 5.82 Å². The highest BCUT2D eigenvalue weighted by Gasteiger charge is 2.25. The van der Waals surface area contributed by atoms with Gasteiger partial charge in [0.25, 0.3) is 0 Å². The van der Waals surface area contributed by atoms with Gasteiger partial charge in [0.15, 0.2) is 9.84 Å². The Hall–Kier alpha value is -3.47. The van der Waals surface area contributed by atoms with Crippen molar-refractivity contribution in [3.63, 3.8) is 0 Å². The predicted molar refractivity (Wildman–Crippen MR) is 126 cm³/mol. The molecule has 0 bridgehead atoms. The molecule has 0 aliphatic carbocycles. The first-order chi connectivity index (χ1) is 15.9. The van der Waals surface area contributed by atoms with E-state index in [-0.39, 0.29) is 11.0 Å². The molecule has 1 amide bonds. The molecule has 0 atom stereocenters. The molecule has 180 valence electrons. The molecule has 3 aromatic rings. The van der Waals surface area contributed by atoms with Crippen molar-refractivity contribution in [3.8, 4) is 0 Å². The van der Waals surface area contributed by atoms with E-state index in [1.54, 1.807) is 21.8 Å². The normalized spacial score (nSPS) is 14.7. The number of rotatable bonds is 4. The lowest BCUT2D eigenvalue weighted by Gasteiger charge is -2.29. The van der Waals surface area contributed by atoms with Crippen molar-refractivity contribution in [2.75, 3.05) is 24.7 Å². The Bertz CT molecular complexity index is 1390. The number of nitrogens with one attached hydrogen (secondary N) is 1. The second-order valence-corrected chi connectivity index (χ2v) is 11.0. The molecule has 2 aromatic heterocycles. The van der Waals surface area contributed by atoms with Crippen LogP contribution in [0.1, 0.15) is 32.9 Å². The van der Waals surface area contributed by atoms with Crippen molar-refractivity contribution in [3.05, 3.63) is 54.4 Å². The van der Waals surface area contributed by atoms with Crippen LogP contribution in [0.3, 0.4) is 0 Å². The van der Waals surface area contributed by atoms with Crippen LogP contribution >= 0.6 is 0 Å². The molecule has 34 heavy (non-hydrogen) atoms. The summed E-state index contributed by atoms with van der Waals surface area (Å²) >= 11 is 0. The van der Waals surface area contributed by atoms with E-state index >= 15 is 0 Å². The quantitative estimate of drug-likeness (QED) is 0.592. The highest BCUT2D eigenvalue weighted by molar-refractivity contribution is 7.90. The number of imidazole rings is 1. The summed E-state index contributed by atoms with van der Waals surface area (Å²) in [5.74, 6) is -0.442. The summed E-state index contributed by atoms with van der Waals surface area (Å²) < 4.78 is 44.8. The van der Waals surface area contributed by atoms with E-state index in [1.807, 2.05) is 32.9 Å². The standard InChI is InChI=1S/C23H26FN5O4S/c1-23(2,3)33-22(30)28-11-8-15(9-12-28)20-18-7-10-25-21(29(18)14-26-20)27-16-5-6-19(17(24)13-16)34(4,31)32/h5-8,10,13-14H,9,11-12H2,1-4H3,(H,25,27). The van der Waals surface area contributed by atoms with Gasteiger partial charge in [-0.05, 0) is 57.0 Å². The summed E-state index contributed by atoms with van der Waals surface area (Å²) in [7, 11) is -3.66. The third-order valence-electron chi connectivity index (χ3n) is 5.21. The summed E-state index contributed by atoms with van der Waals surface area (Å²) in [5, 5.41) is 3.01. The number of benzene rings is 1. The zero-order chi connectivity index (χ0) is 24.7. The molecule has 0 saturated carbocycles. The molecule has 0 unspecified atom stereocenters. The molecule has 0 saturated heterocycles. The number of fused-ring (bicyclic) bond motifs is 1. The fraction of sp³-hybridized carbons (Fsp3) is 0.348. The minimum absolute atomic E-state index is 0.345. The van der Waals surface area contributed by atoms with Gasteiger partial charge in [-0.1, -0.05) is 6.08 Å². The third-order valence-corrected chi connectivity index (χ3v) is 6.34. The van der Waals surface area contributed by atoms with E-state index < -0.39 is 21.3 Å². The Balaban J connectivity index is 1.56. The maximum atomic E-state index is 14.3. The molecule has 1 N–H and O–H groups in total.